The molecule has 0 radical (unpaired) electrons. The molecule has 32 heavy (non-hydrogen) atoms. The molecule has 0 unspecified atom stereocenters. The number of nitrogens with one attached hydrogen (secondary N) is 2. The van der Waals surface area contributed by atoms with Crippen LogP contribution in [0.1, 0.15) is 29.8 Å². The van der Waals surface area contributed by atoms with E-state index in [2.05, 4.69) is 10.3 Å². The fraction of sp³-hybridized carbons (Fsp3) is 0.333. The van der Waals surface area contributed by atoms with Gasteiger partial charge >= 0.3 is 0 Å². The number of benzene rings is 2. The van der Waals surface area contributed by atoms with Crippen LogP contribution in [-0.2, 0) is 6.42 Å². The summed E-state index contributed by atoms with van der Waals surface area (Å²) in [6.45, 7) is 5.01. The fourth-order valence-electron chi connectivity index (χ4n) is 3.43. The Hall–Kier alpha value is -3.68. The van der Waals surface area contributed by atoms with Crippen LogP contribution in [0, 0.1) is 0 Å². The highest BCUT2D eigenvalue weighted by molar-refractivity contribution is 5.95. The van der Waals surface area contributed by atoms with Crippen molar-refractivity contribution in [2.75, 3.05) is 34.0 Å². The molecule has 0 aliphatic rings. The van der Waals surface area contributed by atoms with Crippen molar-refractivity contribution in [1.29, 1.82) is 0 Å². The summed E-state index contributed by atoms with van der Waals surface area (Å²) in [6, 6.07) is 10.4. The second kappa shape index (κ2) is 10.6. The summed E-state index contributed by atoms with van der Waals surface area (Å²) >= 11 is 0. The molecule has 3 rings (SSSR count). The van der Waals surface area contributed by atoms with E-state index in [0.717, 1.165) is 5.39 Å². The summed E-state index contributed by atoms with van der Waals surface area (Å²) < 4.78 is 21.9. The van der Waals surface area contributed by atoms with Gasteiger partial charge in [0.1, 0.15) is 11.5 Å². The number of H-pyrrole nitrogens is 1. The number of methoxy groups -OCH3 is 2. The molecule has 0 spiro atoms. The van der Waals surface area contributed by atoms with Crippen LogP contribution in [0.4, 0.5) is 0 Å². The summed E-state index contributed by atoms with van der Waals surface area (Å²) in [5.41, 5.74) is 1.32. The average molecular weight is 440 g/mol. The van der Waals surface area contributed by atoms with Crippen LogP contribution < -0.4 is 29.8 Å². The second-order valence-electron chi connectivity index (χ2n) is 6.92. The lowest BCUT2D eigenvalue weighted by Gasteiger charge is -2.13. The smallest absolute Gasteiger partial charge is 0.251 e. The molecule has 8 nitrogen and oxygen atoms in total. The number of carbonyl (C=O) groups is 1. The Bertz CT molecular complexity index is 1160. The number of pyridine rings is 1. The maximum Gasteiger partial charge on any atom is 0.251 e. The van der Waals surface area contributed by atoms with Gasteiger partial charge in [-0.3, -0.25) is 9.59 Å². The summed E-state index contributed by atoms with van der Waals surface area (Å²) in [5.74, 6) is 2.04. The number of fused-ring (bicyclic) bond motifs is 1. The van der Waals surface area contributed by atoms with Gasteiger partial charge in [0, 0.05) is 23.1 Å². The SMILES string of the molecule is CCOc1ccc(C(=O)NCCc2cc3c(OC)ccc(OC)c3[nH]c2=O)cc1OCC. The summed E-state index contributed by atoms with van der Waals surface area (Å²) in [7, 11) is 3.11. The third-order valence-corrected chi connectivity index (χ3v) is 4.94. The number of carbonyl (C=O) groups excluding carboxylic acids is 1. The van der Waals surface area contributed by atoms with Gasteiger partial charge in [0.05, 0.1) is 33.0 Å². The maximum absolute atomic E-state index is 12.6. The Morgan fingerprint density at radius 1 is 0.906 bits per heavy atom. The normalized spacial score (nSPS) is 10.6. The van der Waals surface area contributed by atoms with Gasteiger partial charge in [0.15, 0.2) is 11.5 Å². The third kappa shape index (κ3) is 4.96. The van der Waals surface area contributed by atoms with Gasteiger partial charge in [-0.25, -0.2) is 0 Å². The highest BCUT2D eigenvalue weighted by Gasteiger charge is 2.14. The van der Waals surface area contributed by atoms with E-state index in [1.54, 1.807) is 50.6 Å². The number of rotatable bonds is 10. The molecule has 0 aliphatic heterocycles. The molecule has 0 bridgehead atoms. The third-order valence-electron chi connectivity index (χ3n) is 4.94. The Balaban J connectivity index is 1.75. The van der Waals surface area contributed by atoms with E-state index in [4.69, 9.17) is 18.9 Å². The van der Waals surface area contributed by atoms with Gasteiger partial charge in [-0.1, -0.05) is 0 Å². The van der Waals surface area contributed by atoms with Gasteiger partial charge < -0.3 is 29.2 Å². The van der Waals surface area contributed by atoms with Gasteiger partial charge in [-0.05, 0) is 56.7 Å². The zero-order valence-electron chi connectivity index (χ0n) is 18.7. The topological polar surface area (TPSA) is 98.9 Å². The van der Waals surface area contributed by atoms with Crippen LogP contribution in [-0.4, -0.2) is 44.9 Å². The molecule has 3 aromatic rings. The lowest BCUT2D eigenvalue weighted by molar-refractivity contribution is 0.0953. The van der Waals surface area contributed by atoms with Crippen molar-refractivity contribution in [3.05, 3.63) is 57.9 Å². The number of hydrogen-bond acceptors (Lipinski definition) is 6. The Morgan fingerprint density at radius 3 is 2.25 bits per heavy atom. The molecule has 1 amide bonds. The summed E-state index contributed by atoms with van der Waals surface area (Å²) in [4.78, 5) is 28.0. The van der Waals surface area contributed by atoms with Crippen LogP contribution in [0.2, 0.25) is 0 Å². The number of aromatic amines is 1. The molecule has 2 N–H and O–H groups in total. The number of ether oxygens (including phenoxy) is 4. The van der Waals surface area contributed by atoms with E-state index < -0.39 is 0 Å². The molecule has 0 saturated heterocycles. The first-order valence-corrected chi connectivity index (χ1v) is 10.5. The first-order chi connectivity index (χ1) is 15.5. The molecule has 0 atom stereocenters. The van der Waals surface area contributed by atoms with E-state index in [0.29, 0.717) is 59.3 Å². The molecule has 0 fully saturated rings. The van der Waals surface area contributed by atoms with Crippen LogP contribution in [0.25, 0.3) is 10.9 Å². The van der Waals surface area contributed by atoms with Crippen LogP contribution in [0.15, 0.2) is 41.2 Å². The molecular formula is C24H28N2O6. The maximum atomic E-state index is 12.6. The van der Waals surface area contributed by atoms with E-state index in [1.807, 2.05) is 13.8 Å². The zero-order valence-corrected chi connectivity index (χ0v) is 18.7. The number of aromatic nitrogens is 1. The van der Waals surface area contributed by atoms with Crippen LogP contribution in [0.5, 0.6) is 23.0 Å². The molecule has 0 saturated carbocycles. The Labute approximate surface area is 186 Å². The fourth-order valence-corrected chi connectivity index (χ4v) is 3.43. The molecule has 170 valence electrons. The summed E-state index contributed by atoms with van der Waals surface area (Å²) in [6.07, 6.45) is 0.354. The van der Waals surface area contributed by atoms with Crippen LogP contribution >= 0.6 is 0 Å². The minimum atomic E-state index is -0.259. The van der Waals surface area contributed by atoms with E-state index in [1.165, 1.54) is 0 Å². The number of amides is 1. The predicted molar refractivity (Wildman–Crippen MR) is 122 cm³/mol. The molecule has 1 aromatic heterocycles. The van der Waals surface area contributed by atoms with Gasteiger partial charge in [-0.2, -0.15) is 0 Å². The predicted octanol–water partition coefficient (Wildman–Crippen LogP) is 3.32. The lowest BCUT2D eigenvalue weighted by atomic mass is 10.1. The quantitative estimate of drug-likeness (QED) is 0.502. The van der Waals surface area contributed by atoms with E-state index >= 15 is 0 Å². The minimum Gasteiger partial charge on any atom is -0.496 e. The Morgan fingerprint density at radius 2 is 1.56 bits per heavy atom. The first-order valence-electron chi connectivity index (χ1n) is 10.5. The van der Waals surface area contributed by atoms with E-state index in [9.17, 15) is 9.59 Å². The van der Waals surface area contributed by atoms with Gasteiger partial charge in [-0.15, -0.1) is 0 Å². The van der Waals surface area contributed by atoms with Crippen molar-refractivity contribution >= 4 is 16.8 Å². The minimum absolute atomic E-state index is 0.238. The van der Waals surface area contributed by atoms with Crippen molar-refractivity contribution in [2.24, 2.45) is 0 Å². The molecule has 2 aromatic carbocycles. The average Bonchev–Trinajstić information content (AvgIpc) is 2.80. The summed E-state index contributed by atoms with van der Waals surface area (Å²) in [5, 5.41) is 3.59. The van der Waals surface area contributed by atoms with Crippen molar-refractivity contribution in [2.45, 2.75) is 20.3 Å². The van der Waals surface area contributed by atoms with Crippen molar-refractivity contribution in [3.8, 4) is 23.0 Å². The van der Waals surface area contributed by atoms with Gasteiger partial charge in [0.2, 0.25) is 0 Å². The molecule has 1 heterocycles. The highest BCUT2D eigenvalue weighted by Crippen LogP contribution is 2.31. The molecule has 0 aliphatic carbocycles. The van der Waals surface area contributed by atoms with Gasteiger partial charge in [0.25, 0.3) is 11.5 Å². The van der Waals surface area contributed by atoms with Crippen molar-refractivity contribution in [1.82, 2.24) is 10.3 Å². The van der Waals surface area contributed by atoms with Crippen molar-refractivity contribution < 1.29 is 23.7 Å². The molecule has 8 heteroatoms. The highest BCUT2D eigenvalue weighted by atomic mass is 16.5. The van der Waals surface area contributed by atoms with Crippen molar-refractivity contribution in [3.63, 3.8) is 0 Å². The lowest BCUT2D eigenvalue weighted by Crippen LogP contribution is -2.27. The second-order valence-corrected chi connectivity index (χ2v) is 6.92. The zero-order chi connectivity index (χ0) is 23.1. The Kier molecular flexibility index (Phi) is 7.59. The van der Waals surface area contributed by atoms with Crippen LogP contribution in [0.3, 0.4) is 0 Å². The van der Waals surface area contributed by atoms with E-state index in [-0.39, 0.29) is 18.0 Å². The first kappa shape index (κ1) is 23.0. The monoisotopic (exact) mass is 440 g/mol. The largest absolute Gasteiger partial charge is 0.496 e. The molecular weight excluding hydrogens is 412 g/mol. The number of hydrogen-bond donors (Lipinski definition) is 2. The standard InChI is InChI=1S/C24H28N2O6/c1-5-31-19-8-7-15(14-21(19)32-6-2)23(27)25-12-11-16-13-17-18(29-3)9-10-20(30-4)22(17)26-24(16)28/h7-10,13-14H,5-6,11-12H2,1-4H3,(H,25,27)(H,26,28).